The molecule has 0 bridgehead atoms. The molecule has 112 valence electrons. The van der Waals surface area contributed by atoms with Crippen molar-refractivity contribution in [3.63, 3.8) is 0 Å². The standard InChI is InChI=1S/C15H30N2OS/c1-6-8-14-16-13(9-11(3)4)15(18)17(14)12(7-2)10-19-5/h11-14,16H,6-10H2,1-5H3. The Bertz CT molecular complexity index is 283. The maximum Gasteiger partial charge on any atom is 0.241 e. The molecule has 0 aromatic heterocycles. The molecular formula is C15H30N2OS. The zero-order valence-corrected chi connectivity index (χ0v) is 13.9. The average Bonchev–Trinajstić information content (AvgIpc) is 2.63. The van der Waals surface area contributed by atoms with Crippen molar-refractivity contribution >= 4 is 17.7 Å². The van der Waals surface area contributed by atoms with Crippen LogP contribution in [0, 0.1) is 5.92 Å². The normalized spacial score (nSPS) is 25.4. The van der Waals surface area contributed by atoms with Crippen molar-refractivity contribution in [2.75, 3.05) is 12.0 Å². The van der Waals surface area contributed by atoms with E-state index in [2.05, 4.69) is 44.2 Å². The molecule has 1 rings (SSSR count). The second-order valence-electron chi connectivity index (χ2n) is 5.92. The summed E-state index contributed by atoms with van der Waals surface area (Å²) in [5.41, 5.74) is 0. The van der Waals surface area contributed by atoms with Gasteiger partial charge >= 0.3 is 0 Å². The summed E-state index contributed by atoms with van der Waals surface area (Å²) in [7, 11) is 0. The Balaban J connectivity index is 2.80. The number of carbonyl (C=O) groups is 1. The molecule has 3 nitrogen and oxygen atoms in total. The number of nitrogens with zero attached hydrogens (tertiary/aromatic N) is 1. The molecule has 1 aliphatic heterocycles. The summed E-state index contributed by atoms with van der Waals surface area (Å²) >= 11 is 1.84. The van der Waals surface area contributed by atoms with Gasteiger partial charge in [-0.1, -0.05) is 34.1 Å². The van der Waals surface area contributed by atoms with Crippen LogP contribution in [0.1, 0.15) is 53.4 Å². The fourth-order valence-corrected chi connectivity index (χ4v) is 3.66. The lowest BCUT2D eigenvalue weighted by molar-refractivity contribution is -0.132. The summed E-state index contributed by atoms with van der Waals surface area (Å²) < 4.78 is 0. The van der Waals surface area contributed by atoms with E-state index in [0.717, 1.165) is 31.4 Å². The molecule has 1 aliphatic rings. The highest BCUT2D eigenvalue weighted by Gasteiger charge is 2.41. The van der Waals surface area contributed by atoms with Gasteiger partial charge < -0.3 is 4.90 Å². The Morgan fingerprint density at radius 3 is 2.53 bits per heavy atom. The topological polar surface area (TPSA) is 32.3 Å². The third-order valence-corrected chi connectivity index (χ3v) is 4.49. The predicted octanol–water partition coefficient (Wildman–Crippen LogP) is 3.10. The lowest BCUT2D eigenvalue weighted by atomic mass is 10.0. The number of amides is 1. The van der Waals surface area contributed by atoms with E-state index < -0.39 is 0 Å². The van der Waals surface area contributed by atoms with Crippen molar-refractivity contribution in [1.29, 1.82) is 0 Å². The predicted molar refractivity (Wildman–Crippen MR) is 84.4 cm³/mol. The summed E-state index contributed by atoms with van der Waals surface area (Å²) in [5, 5.41) is 3.56. The van der Waals surface area contributed by atoms with Gasteiger partial charge in [0.05, 0.1) is 12.2 Å². The van der Waals surface area contributed by atoms with E-state index in [1.165, 1.54) is 0 Å². The van der Waals surface area contributed by atoms with E-state index in [1.807, 2.05) is 11.8 Å². The summed E-state index contributed by atoms with van der Waals surface area (Å²) in [6, 6.07) is 0.413. The fourth-order valence-electron chi connectivity index (χ4n) is 2.88. The Morgan fingerprint density at radius 1 is 1.37 bits per heavy atom. The molecule has 1 fully saturated rings. The number of carbonyl (C=O) groups excluding carboxylic acids is 1. The van der Waals surface area contributed by atoms with Crippen LogP contribution in [0.2, 0.25) is 0 Å². The molecule has 0 aromatic rings. The minimum atomic E-state index is 0.0347. The highest BCUT2D eigenvalue weighted by Crippen LogP contribution is 2.24. The highest BCUT2D eigenvalue weighted by molar-refractivity contribution is 7.98. The first-order chi connectivity index (χ1) is 9.04. The van der Waals surface area contributed by atoms with E-state index >= 15 is 0 Å². The van der Waals surface area contributed by atoms with Gasteiger partial charge in [0.15, 0.2) is 0 Å². The lowest BCUT2D eigenvalue weighted by Crippen LogP contribution is -2.45. The van der Waals surface area contributed by atoms with Crippen LogP contribution in [0.4, 0.5) is 0 Å². The van der Waals surface area contributed by atoms with Gasteiger partial charge in [0.25, 0.3) is 0 Å². The molecule has 1 saturated heterocycles. The summed E-state index contributed by atoms with van der Waals surface area (Å²) in [6.45, 7) is 8.75. The number of nitrogens with one attached hydrogen (secondary N) is 1. The highest BCUT2D eigenvalue weighted by atomic mass is 32.2. The molecule has 19 heavy (non-hydrogen) atoms. The number of hydrogen-bond donors (Lipinski definition) is 1. The van der Waals surface area contributed by atoms with E-state index in [1.54, 1.807) is 0 Å². The molecule has 0 radical (unpaired) electrons. The van der Waals surface area contributed by atoms with Gasteiger partial charge in [-0.2, -0.15) is 11.8 Å². The van der Waals surface area contributed by atoms with Crippen LogP contribution in [0.5, 0.6) is 0 Å². The largest absolute Gasteiger partial charge is 0.322 e. The van der Waals surface area contributed by atoms with Gasteiger partial charge in [0.2, 0.25) is 5.91 Å². The van der Waals surface area contributed by atoms with Crippen LogP contribution < -0.4 is 5.32 Å². The first kappa shape index (κ1) is 16.8. The monoisotopic (exact) mass is 286 g/mol. The molecule has 1 N–H and O–H groups in total. The number of rotatable bonds is 8. The summed E-state index contributed by atoms with van der Waals surface area (Å²) in [5.74, 6) is 1.93. The first-order valence-electron chi connectivity index (χ1n) is 7.62. The molecule has 0 spiro atoms. The van der Waals surface area contributed by atoms with Crippen molar-refractivity contribution in [1.82, 2.24) is 10.2 Å². The van der Waals surface area contributed by atoms with E-state index in [4.69, 9.17) is 0 Å². The van der Waals surface area contributed by atoms with Crippen molar-refractivity contribution in [3.8, 4) is 0 Å². The average molecular weight is 286 g/mol. The second kappa shape index (κ2) is 8.15. The Labute approximate surface area is 122 Å². The Kier molecular flexibility index (Phi) is 7.22. The van der Waals surface area contributed by atoms with Crippen LogP contribution in [-0.4, -0.2) is 41.1 Å². The minimum absolute atomic E-state index is 0.0347. The molecule has 0 aromatic carbocycles. The molecule has 1 heterocycles. The quantitative estimate of drug-likeness (QED) is 0.744. The van der Waals surface area contributed by atoms with Crippen molar-refractivity contribution in [2.45, 2.75) is 71.6 Å². The van der Waals surface area contributed by atoms with Gasteiger partial charge in [-0.05, 0) is 31.4 Å². The van der Waals surface area contributed by atoms with Gasteiger partial charge in [-0.25, -0.2) is 0 Å². The maximum atomic E-state index is 12.7. The lowest BCUT2D eigenvalue weighted by Gasteiger charge is -2.31. The zero-order chi connectivity index (χ0) is 14.4. The number of thioether (sulfide) groups is 1. The Morgan fingerprint density at radius 2 is 2.05 bits per heavy atom. The van der Waals surface area contributed by atoms with Crippen LogP contribution in [0.3, 0.4) is 0 Å². The van der Waals surface area contributed by atoms with Gasteiger partial charge in [-0.15, -0.1) is 0 Å². The zero-order valence-electron chi connectivity index (χ0n) is 13.1. The molecule has 0 saturated carbocycles. The molecule has 4 heteroatoms. The van der Waals surface area contributed by atoms with Gasteiger partial charge in [0, 0.05) is 11.8 Å². The maximum absolute atomic E-state index is 12.7. The molecule has 1 amide bonds. The van der Waals surface area contributed by atoms with Crippen LogP contribution >= 0.6 is 11.8 Å². The van der Waals surface area contributed by atoms with Gasteiger partial charge in [-0.3, -0.25) is 10.1 Å². The Hall–Kier alpha value is -0.220. The molecule has 3 unspecified atom stereocenters. The van der Waals surface area contributed by atoms with Crippen molar-refractivity contribution in [2.24, 2.45) is 5.92 Å². The molecule has 3 atom stereocenters. The van der Waals surface area contributed by atoms with Crippen LogP contribution in [0.25, 0.3) is 0 Å². The third kappa shape index (κ3) is 4.38. The smallest absolute Gasteiger partial charge is 0.241 e. The summed E-state index contributed by atoms with van der Waals surface area (Å²) in [6.07, 6.45) is 6.54. The van der Waals surface area contributed by atoms with E-state index in [9.17, 15) is 4.79 Å². The van der Waals surface area contributed by atoms with E-state index in [-0.39, 0.29) is 12.2 Å². The van der Waals surface area contributed by atoms with Gasteiger partial charge in [0.1, 0.15) is 0 Å². The molecular weight excluding hydrogens is 256 g/mol. The van der Waals surface area contributed by atoms with Crippen molar-refractivity contribution < 1.29 is 4.79 Å². The fraction of sp³-hybridized carbons (Fsp3) is 0.933. The SMILES string of the molecule is CCCC1NC(CC(C)C)C(=O)N1C(CC)CSC. The van der Waals surface area contributed by atoms with Crippen LogP contribution in [-0.2, 0) is 4.79 Å². The third-order valence-electron chi connectivity index (χ3n) is 3.77. The molecule has 0 aliphatic carbocycles. The minimum Gasteiger partial charge on any atom is -0.322 e. The van der Waals surface area contributed by atoms with Crippen LogP contribution in [0.15, 0.2) is 0 Å². The van der Waals surface area contributed by atoms with E-state index in [0.29, 0.717) is 17.9 Å². The van der Waals surface area contributed by atoms with Crippen molar-refractivity contribution in [3.05, 3.63) is 0 Å². The first-order valence-corrected chi connectivity index (χ1v) is 9.01. The summed E-state index contributed by atoms with van der Waals surface area (Å²) in [4.78, 5) is 14.8. The second-order valence-corrected chi connectivity index (χ2v) is 6.83. The number of hydrogen-bond acceptors (Lipinski definition) is 3.